The van der Waals surface area contributed by atoms with Crippen LogP contribution in [0.4, 0.5) is 0 Å². The summed E-state index contributed by atoms with van der Waals surface area (Å²) >= 11 is 0. The normalized spacial score (nSPS) is 18.9. The first-order valence-corrected chi connectivity index (χ1v) is 6.74. The Hall–Kier alpha value is -1.59. The second-order valence-electron chi connectivity index (χ2n) is 4.76. The van der Waals surface area contributed by atoms with Crippen molar-refractivity contribution in [1.29, 1.82) is 0 Å². The standard InChI is InChI=1S/C15H21NO4/c1-18-10-13-11-20-8-7-16(13)15(17)9-12-5-3-4-6-14(12)19-2/h3-6,13H,7-11H2,1-2H3. The van der Waals surface area contributed by atoms with Gasteiger partial charge < -0.3 is 19.1 Å². The maximum absolute atomic E-state index is 12.5. The molecule has 1 aromatic rings. The maximum atomic E-state index is 12.5. The molecule has 1 aromatic carbocycles. The van der Waals surface area contributed by atoms with E-state index in [9.17, 15) is 4.79 Å². The SMILES string of the molecule is COCC1COCCN1C(=O)Cc1ccccc1OC. The molecule has 20 heavy (non-hydrogen) atoms. The number of carbonyl (C=O) groups excluding carboxylic acids is 1. The van der Waals surface area contributed by atoms with Crippen molar-refractivity contribution >= 4 is 5.91 Å². The fourth-order valence-corrected chi connectivity index (χ4v) is 2.43. The summed E-state index contributed by atoms with van der Waals surface area (Å²) in [6, 6.07) is 7.60. The Morgan fingerprint density at radius 3 is 2.95 bits per heavy atom. The van der Waals surface area contributed by atoms with Crippen LogP contribution in [-0.2, 0) is 20.7 Å². The highest BCUT2D eigenvalue weighted by Crippen LogP contribution is 2.19. The van der Waals surface area contributed by atoms with E-state index in [1.807, 2.05) is 29.2 Å². The van der Waals surface area contributed by atoms with E-state index in [4.69, 9.17) is 14.2 Å². The smallest absolute Gasteiger partial charge is 0.227 e. The summed E-state index contributed by atoms with van der Waals surface area (Å²) in [4.78, 5) is 14.3. The lowest BCUT2D eigenvalue weighted by molar-refractivity contribution is -0.141. The van der Waals surface area contributed by atoms with Crippen LogP contribution in [0.1, 0.15) is 5.56 Å². The Labute approximate surface area is 119 Å². The van der Waals surface area contributed by atoms with E-state index in [0.29, 0.717) is 32.8 Å². The van der Waals surface area contributed by atoms with Crippen molar-refractivity contribution in [2.24, 2.45) is 0 Å². The van der Waals surface area contributed by atoms with Gasteiger partial charge in [0.05, 0.1) is 39.4 Å². The van der Waals surface area contributed by atoms with Crippen LogP contribution in [0.2, 0.25) is 0 Å². The van der Waals surface area contributed by atoms with Crippen molar-refractivity contribution in [1.82, 2.24) is 4.90 Å². The average Bonchev–Trinajstić information content (AvgIpc) is 2.48. The number of morpholine rings is 1. The van der Waals surface area contributed by atoms with E-state index in [-0.39, 0.29) is 11.9 Å². The average molecular weight is 279 g/mol. The van der Waals surface area contributed by atoms with Gasteiger partial charge in [0.2, 0.25) is 5.91 Å². The molecule has 110 valence electrons. The van der Waals surface area contributed by atoms with Crippen LogP contribution >= 0.6 is 0 Å². The third-order valence-electron chi connectivity index (χ3n) is 3.44. The van der Waals surface area contributed by atoms with Crippen LogP contribution in [0.5, 0.6) is 5.75 Å². The number of benzene rings is 1. The topological polar surface area (TPSA) is 48.0 Å². The zero-order valence-corrected chi connectivity index (χ0v) is 12.0. The molecule has 2 rings (SSSR count). The van der Waals surface area contributed by atoms with Crippen molar-refractivity contribution in [3.63, 3.8) is 0 Å². The minimum absolute atomic E-state index is 0.00374. The highest BCUT2D eigenvalue weighted by molar-refractivity contribution is 5.80. The summed E-state index contributed by atoms with van der Waals surface area (Å²) < 4.78 is 15.9. The van der Waals surface area contributed by atoms with Gasteiger partial charge in [0, 0.05) is 19.2 Å². The van der Waals surface area contributed by atoms with Gasteiger partial charge in [0.15, 0.2) is 0 Å². The minimum atomic E-state index is -0.00374. The highest BCUT2D eigenvalue weighted by Gasteiger charge is 2.27. The number of ether oxygens (including phenoxy) is 3. The number of amides is 1. The second kappa shape index (κ2) is 7.26. The monoisotopic (exact) mass is 279 g/mol. The van der Waals surface area contributed by atoms with Crippen molar-refractivity contribution < 1.29 is 19.0 Å². The largest absolute Gasteiger partial charge is 0.496 e. The summed E-state index contributed by atoms with van der Waals surface area (Å²) in [6.45, 7) is 2.23. The second-order valence-corrected chi connectivity index (χ2v) is 4.76. The third kappa shape index (κ3) is 3.49. The van der Waals surface area contributed by atoms with Crippen LogP contribution in [-0.4, -0.2) is 57.4 Å². The van der Waals surface area contributed by atoms with Crippen LogP contribution in [0, 0.1) is 0 Å². The Kier molecular flexibility index (Phi) is 5.38. The summed E-state index contributed by atoms with van der Waals surface area (Å²) in [5, 5.41) is 0. The van der Waals surface area contributed by atoms with Gasteiger partial charge in [0.25, 0.3) is 0 Å². The first-order valence-electron chi connectivity index (χ1n) is 6.74. The lowest BCUT2D eigenvalue weighted by Crippen LogP contribution is -2.51. The molecule has 1 saturated heterocycles. The van der Waals surface area contributed by atoms with Gasteiger partial charge in [-0.3, -0.25) is 4.79 Å². The van der Waals surface area contributed by atoms with Gasteiger partial charge in [-0.1, -0.05) is 18.2 Å². The quantitative estimate of drug-likeness (QED) is 0.810. The maximum Gasteiger partial charge on any atom is 0.227 e. The molecule has 1 fully saturated rings. The van der Waals surface area contributed by atoms with Crippen LogP contribution in [0.15, 0.2) is 24.3 Å². The van der Waals surface area contributed by atoms with Gasteiger partial charge >= 0.3 is 0 Å². The zero-order valence-electron chi connectivity index (χ0n) is 12.0. The molecule has 0 saturated carbocycles. The minimum Gasteiger partial charge on any atom is -0.496 e. The lowest BCUT2D eigenvalue weighted by Gasteiger charge is -2.35. The predicted octanol–water partition coefficient (Wildman–Crippen LogP) is 1.11. The molecule has 0 radical (unpaired) electrons. The number of nitrogens with zero attached hydrogens (tertiary/aromatic N) is 1. The van der Waals surface area contributed by atoms with Gasteiger partial charge in [-0.2, -0.15) is 0 Å². The van der Waals surface area contributed by atoms with Gasteiger partial charge in [-0.05, 0) is 6.07 Å². The number of rotatable bonds is 5. The molecular formula is C15H21NO4. The molecule has 1 amide bonds. The van der Waals surface area contributed by atoms with Gasteiger partial charge in [0.1, 0.15) is 5.75 Å². The molecular weight excluding hydrogens is 258 g/mol. The molecule has 0 spiro atoms. The van der Waals surface area contributed by atoms with Crippen molar-refractivity contribution in [3.05, 3.63) is 29.8 Å². The molecule has 1 atom stereocenters. The molecule has 5 heteroatoms. The summed E-state index contributed by atoms with van der Waals surface area (Å²) in [5.74, 6) is 0.831. The lowest BCUT2D eigenvalue weighted by atomic mass is 10.1. The molecule has 0 bridgehead atoms. The van der Waals surface area contributed by atoms with Crippen LogP contribution in [0.25, 0.3) is 0 Å². The van der Waals surface area contributed by atoms with E-state index in [1.54, 1.807) is 14.2 Å². The molecule has 1 aliphatic rings. The Bertz CT molecular complexity index is 447. The van der Waals surface area contributed by atoms with Crippen molar-refractivity contribution in [2.75, 3.05) is 40.6 Å². The fourth-order valence-electron chi connectivity index (χ4n) is 2.43. The molecule has 0 N–H and O–H groups in total. The van der Waals surface area contributed by atoms with Crippen molar-refractivity contribution in [3.8, 4) is 5.75 Å². The Morgan fingerprint density at radius 1 is 1.40 bits per heavy atom. The molecule has 0 aliphatic carbocycles. The van der Waals surface area contributed by atoms with E-state index < -0.39 is 0 Å². The van der Waals surface area contributed by atoms with Crippen LogP contribution in [0.3, 0.4) is 0 Å². The summed E-state index contributed by atoms with van der Waals surface area (Å²) in [5.41, 5.74) is 0.905. The van der Waals surface area contributed by atoms with E-state index in [0.717, 1.165) is 11.3 Å². The van der Waals surface area contributed by atoms with E-state index in [1.165, 1.54) is 0 Å². The predicted molar refractivity (Wildman–Crippen MR) is 74.9 cm³/mol. The highest BCUT2D eigenvalue weighted by atomic mass is 16.5. The van der Waals surface area contributed by atoms with Crippen molar-refractivity contribution in [2.45, 2.75) is 12.5 Å². The van der Waals surface area contributed by atoms with Gasteiger partial charge in [-0.25, -0.2) is 0 Å². The number of carbonyl (C=O) groups is 1. The fraction of sp³-hybridized carbons (Fsp3) is 0.533. The Morgan fingerprint density at radius 2 is 2.20 bits per heavy atom. The molecule has 1 unspecified atom stereocenters. The third-order valence-corrected chi connectivity index (χ3v) is 3.44. The molecule has 1 aliphatic heterocycles. The first kappa shape index (κ1) is 14.8. The molecule has 5 nitrogen and oxygen atoms in total. The number of hydrogen-bond acceptors (Lipinski definition) is 4. The van der Waals surface area contributed by atoms with E-state index in [2.05, 4.69) is 0 Å². The summed E-state index contributed by atoms with van der Waals surface area (Å²) in [6.07, 6.45) is 0.338. The first-order chi connectivity index (χ1) is 9.76. The van der Waals surface area contributed by atoms with Gasteiger partial charge in [-0.15, -0.1) is 0 Å². The Balaban J connectivity index is 2.06. The number of para-hydroxylation sites is 1. The summed E-state index contributed by atoms with van der Waals surface area (Å²) in [7, 11) is 3.25. The van der Waals surface area contributed by atoms with Crippen LogP contribution < -0.4 is 4.74 Å². The zero-order chi connectivity index (χ0) is 14.4. The van der Waals surface area contributed by atoms with E-state index >= 15 is 0 Å². The number of hydrogen-bond donors (Lipinski definition) is 0. The number of methoxy groups -OCH3 is 2. The molecule has 1 heterocycles. The molecule has 0 aromatic heterocycles.